The van der Waals surface area contributed by atoms with Crippen LogP contribution in [0.25, 0.3) is 0 Å². The van der Waals surface area contributed by atoms with Crippen LogP contribution in [0.5, 0.6) is 0 Å². The van der Waals surface area contributed by atoms with E-state index in [9.17, 15) is 0 Å². The van der Waals surface area contributed by atoms with Crippen molar-refractivity contribution in [3.05, 3.63) is 12.3 Å². The zero-order chi connectivity index (χ0) is 8.69. The summed E-state index contributed by atoms with van der Waals surface area (Å²) in [6.45, 7) is 11.2. The average molecular weight is 156 g/mol. The molecule has 11 heavy (non-hydrogen) atoms. The second-order valence-electron chi connectivity index (χ2n) is 2.58. The predicted molar refractivity (Wildman–Crippen MR) is 50.6 cm³/mol. The molecule has 0 aromatic rings. The minimum Gasteiger partial charge on any atom is -0.387 e. The lowest BCUT2D eigenvalue weighted by Gasteiger charge is -2.09. The highest BCUT2D eigenvalue weighted by molar-refractivity contribution is 4.93. The summed E-state index contributed by atoms with van der Waals surface area (Å²) in [6.07, 6.45) is 1.09. The maximum atomic E-state index is 3.87. The van der Waals surface area contributed by atoms with Gasteiger partial charge in [0, 0.05) is 25.3 Å². The Hall–Kier alpha value is -0.500. The summed E-state index contributed by atoms with van der Waals surface area (Å²) in [5, 5.41) is 3.24. The van der Waals surface area contributed by atoms with Crippen LogP contribution in [-0.2, 0) is 0 Å². The van der Waals surface area contributed by atoms with Gasteiger partial charge < -0.3 is 10.2 Å². The molecule has 1 saturated heterocycles. The first-order valence-electron chi connectivity index (χ1n) is 4.39. The van der Waals surface area contributed by atoms with E-state index in [1.54, 1.807) is 0 Å². The van der Waals surface area contributed by atoms with E-state index in [2.05, 4.69) is 23.8 Å². The molecule has 1 rings (SSSR count). The highest BCUT2D eigenvalue weighted by Crippen LogP contribution is 1.98. The molecule has 1 N–H and O–H groups in total. The summed E-state index contributed by atoms with van der Waals surface area (Å²) in [5.74, 6) is 0. The zero-order valence-electron chi connectivity index (χ0n) is 7.98. The van der Waals surface area contributed by atoms with Gasteiger partial charge in [0.1, 0.15) is 0 Å². The molecular formula is C9H20N2. The molecule has 0 spiro atoms. The minimum absolute atomic E-state index is 1.05. The van der Waals surface area contributed by atoms with Crippen molar-refractivity contribution in [1.29, 1.82) is 0 Å². The third kappa shape index (κ3) is 4.85. The maximum Gasteiger partial charge on any atom is 0.0271 e. The molecular weight excluding hydrogens is 136 g/mol. The molecule has 0 aliphatic carbocycles. The molecule has 66 valence electrons. The molecule has 1 aliphatic heterocycles. The molecule has 0 aromatic heterocycles. The maximum absolute atomic E-state index is 3.87. The Labute approximate surface area is 70.3 Å². The fraction of sp³-hybridized carbons (Fsp3) is 0.778. The molecule has 0 atom stereocenters. The number of nitrogens with zero attached hydrogens (tertiary/aromatic N) is 1. The lowest BCUT2D eigenvalue weighted by molar-refractivity contribution is 0.360. The highest BCUT2D eigenvalue weighted by Gasteiger charge is 2.03. The Kier molecular flexibility index (Phi) is 5.94. The van der Waals surface area contributed by atoms with E-state index < -0.39 is 0 Å². The van der Waals surface area contributed by atoms with Crippen LogP contribution in [0.3, 0.4) is 0 Å². The smallest absolute Gasteiger partial charge is 0.0271 e. The van der Waals surface area contributed by atoms with Gasteiger partial charge in [-0.15, -0.1) is 0 Å². The fourth-order valence-electron chi connectivity index (χ4n) is 0.950. The molecule has 2 nitrogen and oxygen atoms in total. The van der Waals surface area contributed by atoms with Crippen LogP contribution in [0.15, 0.2) is 12.3 Å². The third-order valence-electron chi connectivity index (χ3n) is 1.66. The molecule has 1 heterocycles. The molecule has 2 heteroatoms. The molecule has 0 saturated carbocycles. The predicted octanol–water partition coefficient (Wildman–Crippen LogP) is 1.45. The van der Waals surface area contributed by atoms with E-state index in [0.29, 0.717) is 0 Å². The van der Waals surface area contributed by atoms with Crippen molar-refractivity contribution in [1.82, 2.24) is 10.2 Å². The molecule has 0 aromatic carbocycles. The van der Waals surface area contributed by atoms with Gasteiger partial charge in [-0.3, -0.25) is 0 Å². The number of rotatable bonds is 0. The normalized spacial score (nSPS) is 19.4. The Bertz CT molecular complexity index is 110. The second-order valence-corrected chi connectivity index (χ2v) is 2.58. The monoisotopic (exact) mass is 156 g/mol. The van der Waals surface area contributed by atoms with Crippen LogP contribution in [-0.4, -0.2) is 31.6 Å². The summed E-state index contributed by atoms with van der Waals surface area (Å²) >= 11 is 0. The largest absolute Gasteiger partial charge is 0.387 e. The van der Waals surface area contributed by atoms with Crippen molar-refractivity contribution in [3.63, 3.8) is 0 Å². The third-order valence-corrected chi connectivity index (χ3v) is 1.66. The van der Waals surface area contributed by atoms with Gasteiger partial charge >= 0.3 is 0 Å². The van der Waals surface area contributed by atoms with E-state index in [0.717, 1.165) is 26.1 Å². The zero-order valence-corrected chi connectivity index (χ0v) is 7.98. The average Bonchev–Trinajstić information content (AvgIpc) is 2.20. The summed E-state index contributed by atoms with van der Waals surface area (Å²) in [5.41, 5.74) is 1.18. The van der Waals surface area contributed by atoms with Gasteiger partial charge in [0.25, 0.3) is 0 Å². The number of hydrogen-bond donors (Lipinski definition) is 1. The van der Waals surface area contributed by atoms with Gasteiger partial charge in [-0.05, 0) is 13.5 Å². The quantitative estimate of drug-likeness (QED) is 0.571. The standard InChI is InChI=1S/C7H14N2.C2H6/c1-7-3-5-9(2)6-4-8-7;1-2/h8H,1,3-6H2,2H3;1-2H3. The Morgan fingerprint density at radius 1 is 1.36 bits per heavy atom. The second kappa shape index (κ2) is 6.23. The first-order chi connectivity index (χ1) is 5.29. The van der Waals surface area contributed by atoms with Crippen molar-refractivity contribution in [2.24, 2.45) is 0 Å². The molecule has 0 amide bonds. The Balaban J connectivity index is 0.000000461. The van der Waals surface area contributed by atoms with E-state index in [-0.39, 0.29) is 0 Å². The summed E-state index contributed by atoms with van der Waals surface area (Å²) in [6, 6.07) is 0. The number of likely N-dealkylation sites (N-methyl/N-ethyl adjacent to an activating group) is 1. The van der Waals surface area contributed by atoms with Crippen molar-refractivity contribution < 1.29 is 0 Å². The van der Waals surface area contributed by atoms with E-state index >= 15 is 0 Å². The lowest BCUT2D eigenvalue weighted by Crippen LogP contribution is -2.23. The Morgan fingerprint density at radius 2 is 2.00 bits per heavy atom. The van der Waals surface area contributed by atoms with Gasteiger partial charge in [0.05, 0.1) is 0 Å². The van der Waals surface area contributed by atoms with Crippen LogP contribution >= 0.6 is 0 Å². The first kappa shape index (κ1) is 10.5. The van der Waals surface area contributed by atoms with Crippen LogP contribution in [0.4, 0.5) is 0 Å². The van der Waals surface area contributed by atoms with Crippen LogP contribution < -0.4 is 5.32 Å². The van der Waals surface area contributed by atoms with Crippen molar-refractivity contribution >= 4 is 0 Å². The van der Waals surface area contributed by atoms with E-state index in [1.165, 1.54) is 5.70 Å². The van der Waals surface area contributed by atoms with Crippen molar-refractivity contribution in [3.8, 4) is 0 Å². The number of hydrogen-bond acceptors (Lipinski definition) is 2. The fourth-order valence-corrected chi connectivity index (χ4v) is 0.950. The molecule has 0 unspecified atom stereocenters. The first-order valence-corrected chi connectivity index (χ1v) is 4.39. The lowest BCUT2D eigenvalue weighted by atomic mass is 10.3. The van der Waals surface area contributed by atoms with E-state index in [4.69, 9.17) is 0 Å². The molecule has 1 fully saturated rings. The van der Waals surface area contributed by atoms with Gasteiger partial charge in [-0.2, -0.15) is 0 Å². The highest BCUT2D eigenvalue weighted by atomic mass is 15.1. The summed E-state index contributed by atoms with van der Waals surface area (Å²) in [7, 11) is 2.14. The van der Waals surface area contributed by atoms with Gasteiger partial charge in [0.15, 0.2) is 0 Å². The topological polar surface area (TPSA) is 15.3 Å². The minimum atomic E-state index is 1.05. The molecule has 1 aliphatic rings. The van der Waals surface area contributed by atoms with Crippen LogP contribution in [0.2, 0.25) is 0 Å². The molecule has 0 bridgehead atoms. The summed E-state index contributed by atoms with van der Waals surface area (Å²) in [4.78, 5) is 2.31. The number of nitrogens with one attached hydrogen (secondary N) is 1. The van der Waals surface area contributed by atoms with Gasteiger partial charge in [-0.25, -0.2) is 0 Å². The van der Waals surface area contributed by atoms with Gasteiger partial charge in [-0.1, -0.05) is 20.4 Å². The van der Waals surface area contributed by atoms with Crippen molar-refractivity contribution in [2.75, 3.05) is 26.7 Å². The van der Waals surface area contributed by atoms with Crippen LogP contribution in [0, 0.1) is 0 Å². The van der Waals surface area contributed by atoms with Crippen LogP contribution in [0.1, 0.15) is 20.3 Å². The van der Waals surface area contributed by atoms with Gasteiger partial charge in [0.2, 0.25) is 0 Å². The van der Waals surface area contributed by atoms with Crippen molar-refractivity contribution in [2.45, 2.75) is 20.3 Å². The summed E-state index contributed by atoms with van der Waals surface area (Å²) < 4.78 is 0. The Morgan fingerprint density at radius 3 is 2.64 bits per heavy atom. The molecule has 0 radical (unpaired) electrons. The SMILES string of the molecule is C=C1CCN(C)CCN1.CC. The van der Waals surface area contributed by atoms with E-state index in [1.807, 2.05) is 13.8 Å².